The summed E-state index contributed by atoms with van der Waals surface area (Å²) in [4.78, 5) is 23.5. The van der Waals surface area contributed by atoms with Crippen molar-refractivity contribution >= 4 is 11.9 Å². The number of rotatable bonds is 42. The van der Waals surface area contributed by atoms with E-state index in [4.69, 9.17) is 9.84 Å². The molecule has 0 saturated carbocycles. The van der Waals surface area contributed by atoms with Gasteiger partial charge in [-0.1, -0.05) is 206 Å². The van der Waals surface area contributed by atoms with Crippen molar-refractivity contribution in [3.8, 4) is 0 Å². The number of carbonyl (C=O) groups is 2. The van der Waals surface area contributed by atoms with Gasteiger partial charge in [0.25, 0.3) is 0 Å². The molecule has 0 aliphatic rings. The average Bonchev–Trinajstić information content (AvgIpc) is 3.10. The van der Waals surface area contributed by atoms with Crippen molar-refractivity contribution in [2.45, 2.75) is 270 Å². The first-order valence-corrected chi connectivity index (χ1v) is 22.7. The molecule has 0 rings (SSSR count). The van der Waals surface area contributed by atoms with E-state index in [0.29, 0.717) is 6.42 Å². The number of hydrogen-bond acceptors (Lipinski definition) is 3. The van der Waals surface area contributed by atoms with Crippen LogP contribution in [0.25, 0.3) is 0 Å². The quantitative estimate of drug-likeness (QED) is 0.0390. The monoisotopic (exact) mass is 705 g/mol. The fourth-order valence-electron chi connectivity index (χ4n) is 7.13. The highest BCUT2D eigenvalue weighted by molar-refractivity contribution is 5.69. The minimum absolute atomic E-state index is 0.00586. The van der Waals surface area contributed by atoms with E-state index in [9.17, 15) is 9.59 Å². The van der Waals surface area contributed by atoms with Crippen molar-refractivity contribution in [1.82, 2.24) is 0 Å². The fourth-order valence-corrected chi connectivity index (χ4v) is 7.13. The second-order valence-corrected chi connectivity index (χ2v) is 15.6. The number of carboxylic acids is 1. The molecule has 0 aliphatic heterocycles. The van der Waals surface area contributed by atoms with Gasteiger partial charge >= 0.3 is 11.9 Å². The lowest BCUT2D eigenvalue weighted by atomic mass is 10.0. The highest BCUT2D eigenvalue weighted by Crippen LogP contribution is 2.19. The molecule has 0 fully saturated rings. The lowest BCUT2D eigenvalue weighted by Gasteiger charge is -2.18. The first-order valence-electron chi connectivity index (χ1n) is 22.7. The fraction of sp³-hybridized carbons (Fsp3) is 0.913. The van der Waals surface area contributed by atoms with E-state index in [0.717, 1.165) is 70.6 Å². The van der Waals surface area contributed by atoms with Crippen LogP contribution in [0.15, 0.2) is 12.2 Å². The Bertz CT molecular complexity index is 717. The summed E-state index contributed by atoms with van der Waals surface area (Å²) in [5.74, 6) is -0.706. The summed E-state index contributed by atoms with van der Waals surface area (Å²) < 4.78 is 6.01. The van der Waals surface area contributed by atoms with Gasteiger partial charge in [0.05, 0.1) is 0 Å². The number of carboxylic acid groups (broad SMARTS) is 1. The van der Waals surface area contributed by atoms with Crippen molar-refractivity contribution in [3.63, 3.8) is 0 Å². The topological polar surface area (TPSA) is 63.6 Å². The zero-order valence-electron chi connectivity index (χ0n) is 34.0. The van der Waals surface area contributed by atoms with Gasteiger partial charge < -0.3 is 9.84 Å². The minimum atomic E-state index is -0.700. The molecule has 1 N–H and O–H groups in total. The molecule has 50 heavy (non-hydrogen) atoms. The summed E-state index contributed by atoms with van der Waals surface area (Å²) in [5, 5.41) is 8.84. The molecule has 4 heteroatoms. The predicted molar refractivity (Wildman–Crippen MR) is 218 cm³/mol. The SMILES string of the molecule is CCCCCCCCCC/C=C\CCCC(CCCCCCCC(=O)O)OC(=O)CCCCCCCCCCCCCCCCCCCCC. The molecule has 1 unspecified atom stereocenters. The maximum Gasteiger partial charge on any atom is 0.306 e. The van der Waals surface area contributed by atoms with E-state index in [1.54, 1.807) is 0 Å². The molecule has 4 nitrogen and oxygen atoms in total. The Morgan fingerprint density at radius 1 is 0.420 bits per heavy atom. The van der Waals surface area contributed by atoms with E-state index >= 15 is 0 Å². The molecular weight excluding hydrogens is 617 g/mol. The van der Waals surface area contributed by atoms with E-state index in [2.05, 4.69) is 26.0 Å². The second-order valence-electron chi connectivity index (χ2n) is 15.6. The lowest BCUT2D eigenvalue weighted by Crippen LogP contribution is -2.18. The molecule has 0 spiro atoms. The third-order valence-electron chi connectivity index (χ3n) is 10.5. The van der Waals surface area contributed by atoms with Gasteiger partial charge in [-0.05, 0) is 57.8 Å². The number of allylic oxidation sites excluding steroid dienone is 2. The predicted octanol–water partition coefficient (Wildman–Crippen LogP) is 15.8. The zero-order chi connectivity index (χ0) is 36.4. The number of hydrogen-bond donors (Lipinski definition) is 1. The Morgan fingerprint density at radius 2 is 0.740 bits per heavy atom. The minimum Gasteiger partial charge on any atom is -0.481 e. The summed E-state index contributed by atoms with van der Waals surface area (Å²) in [5.41, 5.74) is 0. The third kappa shape index (κ3) is 41.1. The van der Waals surface area contributed by atoms with Crippen molar-refractivity contribution in [1.29, 1.82) is 0 Å². The Morgan fingerprint density at radius 3 is 1.16 bits per heavy atom. The number of carbonyl (C=O) groups excluding carboxylic acids is 1. The normalized spacial score (nSPS) is 12.2. The van der Waals surface area contributed by atoms with Crippen LogP contribution in [0.5, 0.6) is 0 Å². The van der Waals surface area contributed by atoms with Crippen molar-refractivity contribution < 1.29 is 19.4 Å². The molecule has 0 aromatic carbocycles. The van der Waals surface area contributed by atoms with Gasteiger partial charge in [0.15, 0.2) is 0 Å². The van der Waals surface area contributed by atoms with Gasteiger partial charge in [0.1, 0.15) is 6.10 Å². The Balaban J connectivity index is 3.94. The van der Waals surface area contributed by atoms with Crippen molar-refractivity contribution in [2.75, 3.05) is 0 Å². The van der Waals surface area contributed by atoms with Gasteiger partial charge in [-0.25, -0.2) is 0 Å². The molecule has 0 aliphatic carbocycles. The van der Waals surface area contributed by atoms with E-state index < -0.39 is 5.97 Å². The Hall–Kier alpha value is -1.32. The molecular formula is C46H88O4. The summed E-state index contributed by atoms with van der Waals surface area (Å²) in [7, 11) is 0. The summed E-state index contributed by atoms with van der Waals surface area (Å²) in [6, 6.07) is 0. The van der Waals surface area contributed by atoms with Gasteiger partial charge in [0, 0.05) is 12.8 Å². The molecule has 0 amide bonds. The van der Waals surface area contributed by atoms with E-state index in [1.165, 1.54) is 167 Å². The Labute approximate surface area is 313 Å². The zero-order valence-corrected chi connectivity index (χ0v) is 34.0. The van der Waals surface area contributed by atoms with Crippen LogP contribution in [0.1, 0.15) is 264 Å². The van der Waals surface area contributed by atoms with Crippen LogP contribution < -0.4 is 0 Å². The molecule has 0 saturated heterocycles. The third-order valence-corrected chi connectivity index (χ3v) is 10.5. The van der Waals surface area contributed by atoms with Gasteiger partial charge in [0.2, 0.25) is 0 Å². The van der Waals surface area contributed by atoms with Crippen LogP contribution in [0.4, 0.5) is 0 Å². The second kappa shape index (κ2) is 42.1. The van der Waals surface area contributed by atoms with Gasteiger partial charge in [-0.3, -0.25) is 9.59 Å². The summed E-state index contributed by atoms with van der Waals surface area (Å²) >= 11 is 0. The standard InChI is InChI=1S/C46H88O4/c1-3-5-7-9-11-13-15-17-18-19-20-21-22-24-26-28-30-35-39-43-46(49)50-44(41-37-33-31-34-38-42-45(47)48)40-36-32-29-27-25-23-16-14-12-10-8-6-4-2/h27,29,44H,3-26,28,30-43H2,1-2H3,(H,47,48)/b29-27-. The van der Waals surface area contributed by atoms with Crippen LogP contribution in [0.2, 0.25) is 0 Å². The molecule has 296 valence electrons. The average molecular weight is 705 g/mol. The van der Waals surface area contributed by atoms with Gasteiger partial charge in [-0.15, -0.1) is 0 Å². The first kappa shape index (κ1) is 48.7. The van der Waals surface area contributed by atoms with Crippen LogP contribution in [-0.2, 0) is 14.3 Å². The number of ether oxygens (including phenoxy) is 1. The van der Waals surface area contributed by atoms with Crippen LogP contribution in [-0.4, -0.2) is 23.1 Å². The highest BCUT2D eigenvalue weighted by Gasteiger charge is 2.14. The molecule has 0 radical (unpaired) electrons. The van der Waals surface area contributed by atoms with Crippen LogP contribution >= 0.6 is 0 Å². The molecule has 1 atom stereocenters. The van der Waals surface area contributed by atoms with Crippen LogP contribution in [0.3, 0.4) is 0 Å². The molecule has 0 heterocycles. The van der Waals surface area contributed by atoms with E-state index in [-0.39, 0.29) is 18.5 Å². The molecule has 0 aromatic heterocycles. The maximum absolute atomic E-state index is 12.7. The van der Waals surface area contributed by atoms with Crippen molar-refractivity contribution in [3.05, 3.63) is 12.2 Å². The summed E-state index contributed by atoms with van der Waals surface area (Å²) in [6.07, 6.45) is 52.5. The first-order chi connectivity index (χ1) is 24.6. The van der Waals surface area contributed by atoms with Crippen molar-refractivity contribution in [2.24, 2.45) is 0 Å². The van der Waals surface area contributed by atoms with Crippen LogP contribution in [0, 0.1) is 0 Å². The summed E-state index contributed by atoms with van der Waals surface area (Å²) in [6.45, 7) is 4.57. The Kier molecular flexibility index (Phi) is 41.0. The molecule has 0 aromatic rings. The smallest absolute Gasteiger partial charge is 0.306 e. The number of aliphatic carboxylic acids is 1. The molecule has 0 bridgehead atoms. The largest absolute Gasteiger partial charge is 0.481 e. The number of esters is 1. The lowest BCUT2D eigenvalue weighted by molar-refractivity contribution is -0.150. The number of unbranched alkanes of at least 4 members (excludes halogenated alkanes) is 31. The van der Waals surface area contributed by atoms with Gasteiger partial charge in [-0.2, -0.15) is 0 Å². The van der Waals surface area contributed by atoms with E-state index in [1.807, 2.05) is 0 Å². The highest BCUT2D eigenvalue weighted by atomic mass is 16.5. The maximum atomic E-state index is 12.7.